The number of carbonyl (C=O) groups excluding carboxylic acids is 1. The van der Waals surface area contributed by atoms with E-state index in [1.807, 2.05) is 43.1 Å². The van der Waals surface area contributed by atoms with Crippen molar-refractivity contribution in [2.24, 2.45) is 0 Å². The Balaban J connectivity index is 1.88. The first-order valence-electron chi connectivity index (χ1n) is 8.50. The molecule has 0 atom stereocenters. The monoisotopic (exact) mass is 316 g/mol. The largest absolute Gasteiger partial charge is 0.494 e. The minimum Gasteiger partial charge on any atom is -0.494 e. The van der Waals surface area contributed by atoms with E-state index in [0.29, 0.717) is 5.57 Å². The number of nitrogens with zero attached hydrogens (tertiary/aromatic N) is 1. The van der Waals surface area contributed by atoms with Gasteiger partial charge >= 0.3 is 0 Å². The van der Waals surface area contributed by atoms with Crippen LogP contribution in [0.1, 0.15) is 52.9 Å². The molecule has 1 saturated heterocycles. The lowest BCUT2D eigenvalue weighted by Crippen LogP contribution is -2.44. The predicted molar refractivity (Wildman–Crippen MR) is 94.5 cm³/mol. The van der Waals surface area contributed by atoms with Gasteiger partial charge in [-0.2, -0.15) is 0 Å². The average molecular weight is 316 g/mol. The zero-order chi connectivity index (χ0) is 16.9. The van der Waals surface area contributed by atoms with Gasteiger partial charge in [0.25, 0.3) is 5.91 Å². The lowest BCUT2D eigenvalue weighted by Gasteiger charge is -2.32. The summed E-state index contributed by atoms with van der Waals surface area (Å²) >= 11 is 0. The Kier molecular flexibility index (Phi) is 5.69. The van der Waals surface area contributed by atoms with Gasteiger partial charge in [0, 0.05) is 5.57 Å². The Bertz CT molecular complexity index is 549. The van der Waals surface area contributed by atoms with Crippen LogP contribution in [0.25, 0.3) is 0 Å². The molecule has 23 heavy (non-hydrogen) atoms. The molecule has 2 rings (SSSR count). The molecule has 1 amide bonds. The molecule has 0 spiro atoms. The van der Waals surface area contributed by atoms with Crippen LogP contribution in [-0.2, 0) is 4.79 Å². The maximum Gasteiger partial charge on any atom is 0.267 e. The molecule has 0 bridgehead atoms. The van der Waals surface area contributed by atoms with Crippen molar-refractivity contribution in [1.29, 1.82) is 0 Å². The maximum atomic E-state index is 11.8. The van der Waals surface area contributed by atoms with E-state index in [4.69, 9.17) is 4.74 Å². The Morgan fingerprint density at radius 2 is 1.78 bits per heavy atom. The predicted octanol–water partition coefficient (Wildman–Crippen LogP) is 4.22. The van der Waals surface area contributed by atoms with Gasteiger partial charge in [-0.1, -0.05) is 39.2 Å². The van der Waals surface area contributed by atoms with Crippen LogP contribution in [0, 0.1) is 0 Å². The quantitative estimate of drug-likeness (QED) is 0.576. The van der Waals surface area contributed by atoms with Crippen LogP contribution < -0.4 is 15.2 Å². The second-order valence-electron chi connectivity index (χ2n) is 6.57. The number of amides is 1. The van der Waals surface area contributed by atoms with E-state index in [1.54, 1.807) is 0 Å². The number of benzene rings is 1. The summed E-state index contributed by atoms with van der Waals surface area (Å²) in [7, 11) is 0. The molecular weight excluding hydrogens is 288 g/mol. The highest BCUT2D eigenvalue weighted by atomic mass is 16.5. The number of carbonyl (C=O) groups is 1. The first-order valence-corrected chi connectivity index (χ1v) is 8.50. The molecule has 1 aromatic rings. The minimum atomic E-state index is -0.432. The number of unbranched alkanes of at least 4 members (excludes halogenated alkanes) is 4. The van der Waals surface area contributed by atoms with Crippen LogP contribution in [-0.4, -0.2) is 18.1 Å². The van der Waals surface area contributed by atoms with Gasteiger partial charge in [-0.05, 0) is 44.5 Å². The molecule has 0 radical (unpaired) electrons. The topological polar surface area (TPSA) is 41.6 Å². The van der Waals surface area contributed by atoms with Crippen LogP contribution in [0.5, 0.6) is 5.75 Å². The number of hydrogen-bond donors (Lipinski definition) is 1. The maximum absolute atomic E-state index is 11.8. The van der Waals surface area contributed by atoms with Crippen molar-refractivity contribution in [3.05, 3.63) is 36.4 Å². The molecule has 4 heteroatoms. The van der Waals surface area contributed by atoms with E-state index in [9.17, 15) is 4.79 Å². The Morgan fingerprint density at radius 3 is 2.35 bits per heavy atom. The van der Waals surface area contributed by atoms with E-state index in [1.165, 1.54) is 25.7 Å². The summed E-state index contributed by atoms with van der Waals surface area (Å²) < 4.78 is 5.77. The van der Waals surface area contributed by atoms with Crippen molar-refractivity contribution in [2.75, 3.05) is 11.6 Å². The zero-order valence-electron chi connectivity index (χ0n) is 14.5. The number of rotatable bonds is 8. The van der Waals surface area contributed by atoms with Gasteiger partial charge in [0.15, 0.2) is 0 Å². The van der Waals surface area contributed by atoms with Gasteiger partial charge in [-0.3, -0.25) is 15.2 Å². The van der Waals surface area contributed by atoms with Crippen molar-refractivity contribution in [3.8, 4) is 5.75 Å². The van der Waals surface area contributed by atoms with Gasteiger partial charge in [-0.15, -0.1) is 0 Å². The third kappa shape index (κ3) is 4.06. The summed E-state index contributed by atoms with van der Waals surface area (Å²) in [4.78, 5) is 11.8. The summed E-state index contributed by atoms with van der Waals surface area (Å²) in [6.45, 7) is 10.8. The molecule has 4 nitrogen and oxygen atoms in total. The number of ether oxygens (including phenoxy) is 1. The van der Waals surface area contributed by atoms with Crippen LogP contribution >= 0.6 is 0 Å². The molecule has 0 unspecified atom stereocenters. The Labute approximate surface area is 139 Å². The van der Waals surface area contributed by atoms with Gasteiger partial charge in [-0.25, -0.2) is 0 Å². The SMILES string of the molecule is C=C1C(=O)NN(c2ccc(OCCCCCCC)cc2)C1(C)C. The first kappa shape index (κ1) is 17.4. The van der Waals surface area contributed by atoms with E-state index >= 15 is 0 Å². The fraction of sp³-hybridized carbons (Fsp3) is 0.526. The number of anilines is 1. The van der Waals surface area contributed by atoms with E-state index < -0.39 is 5.54 Å². The standard InChI is InChI=1S/C19H28N2O2/c1-5-6-7-8-9-14-23-17-12-10-16(11-13-17)21-19(3,4)15(2)18(22)20-21/h10-13H,2,5-9,14H2,1,3-4H3,(H,20,22). The smallest absolute Gasteiger partial charge is 0.267 e. The highest BCUT2D eigenvalue weighted by Crippen LogP contribution is 2.33. The Morgan fingerprint density at radius 1 is 1.13 bits per heavy atom. The molecule has 0 aromatic heterocycles. The van der Waals surface area contributed by atoms with Crippen molar-refractivity contribution in [2.45, 2.75) is 58.4 Å². The number of nitrogens with one attached hydrogen (secondary N) is 1. The fourth-order valence-electron chi connectivity index (χ4n) is 2.70. The highest BCUT2D eigenvalue weighted by molar-refractivity contribution is 6.00. The van der Waals surface area contributed by atoms with Crippen molar-refractivity contribution >= 4 is 11.6 Å². The number of hydrazine groups is 1. The van der Waals surface area contributed by atoms with Crippen LogP contribution in [0.4, 0.5) is 5.69 Å². The van der Waals surface area contributed by atoms with E-state index in [-0.39, 0.29) is 5.91 Å². The van der Waals surface area contributed by atoms with Gasteiger partial charge in [0.05, 0.1) is 17.8 Å². The lowest BCUT2D eigenvalue weighted by atomic mass is 9.96. The molecule has 126 valence electrons. The van der Waals surface area contributed by atoms with Gasteiger partial charge < -0.3 is 4.74 Å². The normalized spacial score (nSPS) is 16.6. The first-order chi connectivity index (χ1) is 11.0. The number of hydrogen-bond acceptors (Lipinski definition) is 3. The molecule has 1 aliphatic rings. The Hall–Kier alpha value is -1.97. The second-order valence-corrected chi connectivity index (χ2v) is 6.57. The minimum absolute atomic E-state index is 0.123. The zero-order valence-corrected chi connectivity index (χ0v) is 14.5. The van der Waals surface area contributed by atoms with E-state index in [2.05, 4.69) is 18.9 Å². The van der Waals surface area contributed by atoms with E-state index in [0.717, 1.165) is 24.5 Å². The molecule has 1 aromatic carbocycles. The summed E-state index contributed by atoms with van der Waals surface area (Å²) in [6, 6.07) is 7.83. The molecule has 1 aliphatic heterocycles. The molecule has 0 aliphatic carbocycles. The summed E-state index contributed by atoms with van der Waals surface area (Å²) in [5.41, 5.74) is 3.93. The summed E-state index contributed by atoms with van der Waals surface area (Å²) in [5.74, 6) is 0.744. The van der Waals surface area contributed by atoms with Crippen molar-refractivity contribution in [3.63, 3.8) is 0 Å². The third-order valence-corrected chi connectivity index (χ3v) is 4.40. The van der Waals surface area contributed by atoms with Crippen LogP contribution in [0.3, 0.4) is 0 Å². The highest BCUT2D eigenvalue weighted by Gasteiger charge is 2.41. The van der Waals surface area contributed by atoms with Crippen LogP contribution in [0.2, 0.25) is 0 Å². The fourth-order valence-corrected chi connectivity index (χ4v) is 2.70. The molecule has 1 fully saturated rings. The molecular formula is C19H28N2O2. The summed E-state index contributed by atoms with van der Waals surface area (Å²) in [5, 5.41) is 1.85. The molecule has 1 heterocycles. The summed E-state index contributed by atoms with van der Waals surface area (Å²) in [6.07, 6.45) is 6.17. The lowest BCUT2D eigenvalue weighted by molar-refractivity contribution is -0.116. The van der Waals surface area contributed by atoms with Crippen molar-refractivity contribution < 1.29 is 9.53 Å². The molecule has 0 saturated carbocycles. The van der Waals surface area contributed by atoms with Gasteiger partial charge in [0.2, 0.25) is 0 Å². The van der Waals surface area contributed by atoms with Crippen molar-refractivity contribution in [1.82, 2.24) is 5.43 Å². The second kappa shape index (κ2) is 7.53. The van der Waals surface area contributed by atoms with Crippen LogP contribution in [0.15, 0.2) is 36.4 Å². The van der Waals surface area contributed by atoms with Gasteiger partial charge in [0.1, 0.15) is 5.75 Å². The average Bonchev–Trinajstić information content (AvgIpc) is 2.74. The molecule has 1 N–H and O–H groups in total. The third-order valence-electron chi connectivity index (χ3n) is 4.40.